The van der Waals surface area contributed by atoms with Crippen LogP contribution in [0.4, 0.5) is 0 Å². The number of aromatic nitrogens is 2. The highest BCUT2D eigenvalue weighted by Crippen LogP contribution is 2.22. The van der Waals surface area contributed by atoms with E-state index < -0.39 is 0 Å². The summed E-state index contributed by atoms with van der Waals surface area (Å²) in [5.41, 5.74) is 0.953. The van der Waals surface area contributed by atoms with Gasteiger partial charge >= 0.3 is 0 Å². The van der Waals surface area contributed by atoms with Crippen LogP contribution in [0.15, 0.2) is 43.2 Å². The molecule has 134 valence electrons. The molecule has 0 aliphatic heterocycles. The molecule has 0 spiro atoms. The Hall–Kier alpha value is -1.78. The van der Waals surface area contributed by atoms with Gasteiger partial charge in [-0.3, -0.25) is 4.79 Å². The number of hydrogen-bond acceptors (Lipinski definition) is 2. The molecule has 1 aromatic carbocycles. The van der Waals surface area contributed by atoms with Crippen LogP contribution < -0.4 is 0 Å². The van der Waals surface area contributed by atoms with Crippen LogP contribution in [0.1, 0.15) is 31.7 Å². The number of imidazole rings is 1. The fraction of sp³-hybridized carbons (Fsp3) is 0.368. The number of carbonyl (C=O) groups excluding carboxylic acids is 1. The minimum atomic E-state index is 0.106. The van der Waals surface area contributed by atoms with E-state index in [9.17, 15) is 4.79 Å². The van der Waals surface area contributed by atoms with Gasteiger partial charge in [-0.15, -0.1) is 6.58 Å². The molecule has 0 aliphatic rings. The Morgan fingerprint density at radius 2 is 2.16 bits per heavy atom. The van der Waals surface area contributed by atoms with E-state index in [-0.39, 0.29) is 5.91 Å². The lowest BCUT2D eigenvalue weighted by atomic mass is 10.1. The summed E-state index contributed by atoms with van der Waals surface area (Å²) in [6.45, 7) is 9.34. The molecular weight excluding hydrogens is 357 g/mol. The zero-order valence-electron chi connectivity index (χ0n) is 14.6. The van der Waals surface area contributed by atoms with E-state index in [1.54, 1.807) is 23.2 Å². The van der Waals surface area contributed by atoms with Gasteiger partial charge in [0.1, 0.15) is 5.82 Å². The first kappa shape index (κ1) is 19.5. The maximum Gasteiger partial charge on any atom is 0.223 e. The lowest BCUT2D eigenvalue weighted by Crippen LogP contribution is -2.32. The van der Waals surface area contributed by atoms with Crippen LogP contribution in [0.5, 0.6) is 0 Å². The van der Waals surface area contributed by atoms with Crippen molar-refractivity contribution in [3.63, 3.8) is 0 Å². The van der Waals surface area contributed by atoms with Gasteiger partial charge in [0.15, 0.2) is 0 Å². The fourth-order valence-corrected chi connectivity index (χ4v) is 3.00. The molecule has 1 aromatic heterocycles. The Bertz CT molecular complexity index is 740. The van der Waals surface area contributed by atoms with E-state index in [1.807, 2.05) is 36.7 Å². The molecular formula is C19H23Cl2N3O. The van der Waals surface area contributed by atoms with E-state index in [2.05, 4.69) is 11.6 Å². The van der Waals surface area contributed by atoms with E-state index in [0.29, 0.717) is 42.0 Å². The summed E-state index contributed by atoms with van der Waals surface area (Å²) >= 11 is 12.2. The molecule has 4 nitrogen and oxygen atoms in total. The highest BCUT2D eigenvalue weighted by Gasteiger charge is 2.17. The first-order chi connectivity index (χ1) is 11.9. The minimum absolute atomic E-state index is 0.106. The summed E-state index contributed by atoms with van der Waals surface area (Å²) < 4.78 is 1.99. The standard InChI is InChI=1S/C19H23Cl2N3O/c1-4-8-24(19(25)10-14(2)3)13-18-22-7-9-23(18)12-15-5-6-16(20)11-17(15)21/h4-7,9,11,14H,1,8,10,12-13H2,2-3H3. The Morgan fingerprint density at radius 1 is 1.40 bits per heavy atom. The van der Waals surface area contributed by atoms with Crippen LogP contribution in [0.25, 0.3) is 0 Å². The van der Waals surface area contributed by atoms with Crippen molar-refractivity contribution in [1.82, 2.24) is 14.5 Å². The van der Waals surface area contributed by atoms with Crippen molar-refractivity contribution >= 4 is 29.1 Å². The maximum atomic E-state index is 12.4. The third kappa shape index (κ3) is 5.62. The fourth-order valence-electron chi connectivity index (χ4n) is 2.53. The van der Waals surface area contributed by atoms with Crippen molar-refractivity contribution in [2.24, 2.45) is 5.92 Å². The monoisotopic (exact) mass is 379 g/mol. The van der Waals surface area contributed by atoms with Gasteiger partial charge in [-0.2, -0.15) is 0 Å². The molecule has 0 N–H and O–H groups in total. The van der Waals surface area contributed by atoms with Crippen molar-refractivity contribution in [2.75, 3.05) is 6.54 Å². The molecule has 0 saturated heterocycles. The average Bonchev–Trinajstić information content (AvgIpc) is 2.96. The van der Waals surface area contributed by atoms with E-state index in [0.717, 1.165) is 11.4 Å². The summed E-state index contributed by atoms with van der Waals surface area (Å²) in [6, 6.07) is 5.45. The molecule has 1 heterocycles. The average molecular weight is 380 g/mol. The number of benzene rings is 1. The molecule has 2 aromatic rings. The second-order valence-electron chi connectivity index (χ2n) is 6.37. The van der Waals surface area contributed by atoms with Gasteiger partial charge < -0.3 is 9.47 Å². The van der Waals surface area contributed by atoms with Crippen LogP contribution in [0, 0.1) is 5.92 Å². The summed E-state index contributed by atoms with van der Waals surface area (Å²) in [7, 11) is 0. The van der Waals surface area contributed by atoms with Gasteiger partial charge in [0.25, 0.3) is 0 Å². The Balaban J connectivity index is 2.16. The van der Waals surface area contributed by atoms with Gasteiger partial charge in [-0.05, 0) is 23.6 Å². The quantitative estimate of drug-likeness (QED) is 0.617. The number of carbonyl (C=O) groups is 1. The van der Waals surface area contributed by atoms with Gasteiger partial charge in [0.05, 0.1) is 13.1 Å². The normalized spacial score (nSPS) is 10.9. The van der Waals surface area contributed by atoms with E-state index in [1.165, 1.54) is 0 Å². The number of rotatable bonds is 8. The molecule has 0 bridgehead atoms. The second kappa shape index (κ2) is 9.07. The molecule has 0 radical (unpaired) electrons. The molecule has 6 heteroatoms. The molecule has 2 rings (SSSR count). The zero-order chi connectivity index (χ0) is 18.4. The Kier molecular flexibility index (Phi) is 7.09. The molecule has 1 amide bonds. The van der Waals surface area contributed by atoms with Gasteiger partial charge in [0.2, 0.25) is 5.91 Å². The van der Waals surface area contributed by atoms with Gasteiger partial charge in [0, 0.05) is 35.4 Å². The summed E-state index contributed by atoms with van der Waals surface area (Å²) in [6.07, 6.45) is 5.87. The predicted octanol–water partition coefficient (Wildman–Crippen LogP) is 4.80. The van der Waals surface area contributed by atoms with Crippen LogP contribution in [-0.2, 0) is 17.9 Å². The molecule has 0 atom stereocenters. The maximum absolute atomic E-state index is 12.4. The molecule has 0 fully saturated rings. The Morgan fingerprint density at radius 3 is 2.80 bits per heavy atom. The second-order valence-corrected chi connectivity index (χ2v) is 7.21. The van der Waals surface area contributed by atoms with E-state index in [4.69, 9.17) is 23.2 Å². The number of hydrogen-bond donors (Lipinski definition) is 0. The molecule has 0 unspecified atom stereocenters. The SMILES string of the molecule is C=CCN(Cc1nccn1Cc1ccc(Cl)cc1Cl)C(=O)CC(C)C. The summed E-state index contributed by atoms with van der Waals surface area (Å²) in [5, 5.41) is 1.22. The van der Waals surface area contributed by atoms with Crippen molar-refractivity contribution in [3.8, 4) is 0 Å². The molecule has 25 heavy (non-hydrogen) atoms. The smallest absolute Gasteiger partial charge is 0.223 e. The van der Waals surface area contributed by atoms with Gasteiger partial charge in [-0.25, -0.2) is 4.98 Å². The van der Waals surface area contributed by atoms with Crippen LogP contribution in [0.3, 0.4) is 0 Å². The zero-order valence-corrected chi connectivity index (χ0v) is 16.1. The van der Waals surface area contributed by atoms with Crippen molar-refractivity contribution in [1.29, 1.82) is 0 Å². The lowest BCUT2D eigenvalue weighted by Gasteiger charge is -2.22. The van der Waals surface area contributed by atoms with Crippen molar-refractivity contribution in [3.05, 3.63) is 64.7 Å². The summed E-state index contributed by atoms with van der Waals surface area (Å²) in [5.74, 6) is 1.23. The highest BCUT2D eigenvalue weighted by atomic mass is 35.5. The van der Waals surface area contributed by atoms with E-state index >= 15 is 0 Å². The third-order valence-electron chi connectivity index (χ3n) is 3.77. The van der Waals surface area contributed by atoms with Crippen molar-refractivity contribution in [2.45, 2.75) is 33.4 Å². The minimum Gasteiger partial charge on any atom is -0.332 e. The third-order valence-corrected chi connectivity index (χ3v) is 4.36. The lowest BCUT2D eigenvalue weighted by molar-refractivity contribution is -0.132. The largest absolute Gasteiger partial charge is 0.332 e. The topological polar surface area (TPSA) is 38.1 Å². The number of nitrogens with zero attached hydrogens (tertiary/aromatic N) is 3. The molecule has 0 saturated carbocycles. The van der Waals surface area contributed by atoms with Gasteiger partial charge in [-0.1, -0.05) is 49.2 Å². The highest BCUT2D eigenvalue weighted by molar-refractivity contribution is 6.35. The van der Waals surface area contributed by atoms with Crippen molar-refractivity contribution < 1.29 is 4.79 Å². The number of amides is 1. The van der Waals surface area contributed by atoms with Crippen LogP contribution >= 0.6 is 23.2 Å². The first-order valence-electron chi connectivity index (χ1n) is 8.23. The number of halogens is 2. The van der Waals surface area contributed by atoms with Crippen LogP contribution in [-0.4, -0.2) is 26.9 Å². The first-order valence-corrected chi connectivity index (χ1v) is 8.99. The predicted molar refractivity (Wildman–Crippen MR) is 103 cm³/mol. The summed E-state index contributed by atoms with van der Waals surface area (Å²) in [4.78, 5) is 18.6. The molecule has 0 aliphatic carbocycles. The van der Waals surface area contributed by atoms with Crippen LogP contribution in [0.2, 0.25) is 10.0 Å². The Labute approximate surface area is 159 Å².